The van der Waals surface area contributed by atoms with Crippen LogP contribution < -0.4 is 0 Å². The molecule has 0 fully saturated rings. The molecule has 17 heavy (non-hydrogen) atoms. The normalized spacial score (nSPS) is 11.6. The average Bonchev–Trinajstić information content (AvgIpc) is 2.59. The van der Waals surface area contributed by atoms with E-state index in [1.54, 1.807) is 0 Å². The summed E-state index contributed by atoms with van der Waals surface area (Å²) in [6, 6.07) is 2.21. The van der Waals surface area contributed by atoms with E-state index in [-0.39, 0.29) is 12.1 Å². The van der Waals surface area contributed by atoms with Crippen LogP contribution in [0.2, 0.25) is 0 Å². The molecule has 0 aliphatic carbocycles. The number of hydrogen-bond acceptors (Lipinski definition) is 3. The Balaban J connectivity index is 2.70. The van der Waals surface area contributed by atoms with Gasteiger partial charge in [-0.2, -0.15) is 4.98 Å². The molecule has 0 aliphatic heterocycles. The van der Waals surface area contributed by atoms with E-state index in [1.807, 2.05) is 10.6 Å². The van der Waals surface area contributed by atoms with Crippen LogP contribution in [0.4, 0.5) is 0 Å². The molecule has 0 amide bonds. The minimum atomic E-state index is 0.0335. The fourth-order valence-electron chi connectivity index (χ4n) is 1.98. The summed E-state index contributed by atoms with van der Waals surface area (Å²) >= 11 is 6.75. The highest BCUT2D eigenvalue weighted by atomic mass is 79.9. The third-order valence-electron chi connectivity index (χ3n) is 2.88. The first-order chi connectivity index (χ1) is 8.08. The van der Waals surface area contributed by atoms with Gasteiger partial charge in [-0.1, -0.05) is 13.8 Å². The summed E-state index contributed by atoms with van der Waals surface area (Å²) in [4.78, 5) is 8.37. The predicted octanol–water partition coefficient (Wildman–Crippen LogP) is 4.02. The Labute approximate surface area is 116 Å². The van der Waals surface area contributed by atoms with E-state index >= 15 is 0 Å². The average molecular weight is 363 g/mol. The Hall–Kier alpha value is -0.620. The highest BCUT2D eigenvalue weighted by Crippen LogP contribution is 2.32. The fraction of sp³-hybridized carbons (Fsp3) is 0.455. The van der Waals surface area contributed by atoms with Crippen LogP contribution in [-0.2, 0) is 0 Å². The van der Waals surface area contributed by atoms with Crippen molar-refractivity contribution in [1.82, 2.24) is 14.5 Å². The van der Waals surface area contributed by atoms with Crippen molar-refractivity contribution in [2.45, 2.75) is 32.7 Å². The fourth-order valence-corrected chi connectivity index (χ4v) is 2.57. The monoisotopic (exact) mass is 361 g/mol. The van der Waals surface area contributed by atoms with Gasteiger partial charge in [0.25, 0.3) is 6.01 Å². The molecule has 0 unspecified atom stereocenters. The van der Waals surface area contributed by atoms with Crippen LogP contribution in [0.3, 0.4) is 0 Å². The molecule has 2 aromatic rings. The van der Waals surface area contributed by atoms with Crippen molar-refractivity contribution in [3.05, 3.63) is 15.1 Å². The molecule has 2 heterocycles. The van der Waals surface area contributed by atoms with Crippen LogP contribution in [0.25, 0.3) is 11.2 Å². The first kappa shape index (κ1) is 12.8. The van der Waals surface area contributed by atoms with Gasteiger partial charge in [-0.15, -0.1) is 0 Å². The van der Waals surface area contributed by atoms with E-state index < -0.39 is 0 Å². The number of aromatic hydroxyl groups is 1. The van der Waals surface area contributed by atoms with E-state index in [1.165, 1.54) is 0 Å². The number of halogens is 2. The maximum Gasteiger partial charge on any atom is 0.296 e. The molecule has 0 aliphatic rings. The molecule has 0 atom stereocenters. The molecule has 2 rings (SSSR count). The smallest absolute Gasteiger partial charge is 0.296 e. The molecule has 92 valence electrons. The van der Waals surface area contributed by atoms with Gasteiger partial charge in [0.2, 0.25) is 0 Å². The van der Waals surface area contributed by atoms with E-state index in [4.69, 9.17) is 0 Å². The Morgan fingerprint density at radius 3 is 2.53 bits per heavy atom. The second-order valence-electron chi connectivity index (χ2n) is 3.86. The van der Waals surface area contributed by atoms with Gasteiger partial charge >= 0.3 is 0 Å². The number of aromatic nitrogens is 3. The third-order valence-corrected chi connectivity index (χ3v) is 4.62. The number of rotatable bonds is 3. The highest BCUT2D eigenvalue weighted by molar-refractivity contribution is 9.13. The van der Waals surface area contributed by atoms with E-state index in [9.17, 15) is 5.11 Å². The summed E-state index contributed by atoms with van der Waals surface area (Å²) < 4.78 is 3.40. The number of nitrogens with zero attached hydrogens (tertiary/aromatic N) is 3. The summed E-state index contributed by atoms with van der Waals surface area (Å²) in [7, 11) is 0. The molecule has 4 nitrogen and oxygen atoms in total. The van der Waals surface area contributed by atoms with E-state index in [0.29, 0.717) is 10.3 Å². The lowest BCUT2D eigenvalue weighted by atomic mass is 10.1. The number of imidazole rings is 1. The molecule has 6 heteroatoms. The zero-order chi connectivity index (χ0) is 12.6. The van der Waals surface area contributed by atoms with E-state index in [0.717, 1.165) is 22.8 Å². The lowest BCUT2D eigenvalue weighted by Gasteiger charge is -2.16. The maximum absolute atomic E-state index is 9.93. The Kier molecular flexibility index (Phi) is 3.73. The molecule has 0 saturated carbocycles. The minimum absolute atomic E-state index is 0.0335. The quantitative estimate of drug-likeness (QED) is 0.839. The molecule has 0 spiro atoms. The van der Waals surface area contributed by atoms with E-state index in [2.05, 4.69) is 55.7 Å². The van der Waals surface area contributed by atoms with Crippen LogP contribution in [0.1, 0.15) is 32.7 Å². The van der Waals surface area contributed by atoms with Crippen LogP contribution in [-0.4, -0.2) is 19.6 Å². The summed E-state index contributed by atoms with van der Waals surface area (Å²) in [5.74, 6) is 0. The largest absolute Gasteiger partial charge is 0.480 e. The van der Waals surface area contributed by atoms with Gasteiger partial charge in [0.05, 0.1) is 9.99 Å². The zero-order valence-electron chi connectivity index (χ0n) is 9.61. The van der Waals surface area contributed by atoms with Crippen LogP contribution >= 0.6 is 31.9 Å². The number of pyridine rings is 1. The van der Waals surface area contributed by atoms with Crippen molar-refractivity contribution in [2.24, 2.45) is 0 Å². The van der Waals surface area contributed by atoms with Crippen LogP contribution in [0, 0.1) is 0 Å². The van der Waals surface area contributed by atoms with Crippen molar-refractivity contribution >= 4 is 43.0 Å². The molecule has 0 aromatic carbocycles. The summed E-state index contributed by atoms with van der Waals surface area (Å²) in [5.41, 5.74) is 1.41. The topological polar surface area (TPSA) is 50.9 Å². The Bertz CT molecular complexity index is 549. The maximum atomic E-state index is 9.93. The second-order valence-corrected chi connectivity index (χ2v) is 5.46. The Morgan fingerprint density at radius 2 is 1.94 bits per heavy atom. The molecular formula is C11H13Br2N3O. The van der Waals surface area contributed by atoms with Crippen molar-refractivity contribution in [3.8, 4) is 6.01 Å². The first-order valence-corrected chi connectivity index (χ1v) is 7.10. The molecule has 1 N–H and O–H groups in total. The predicted molar refractivity (Wildman–Crippen MR) is 74.2 cm³/mol. The van der Waals surface area contributed by atoms with Crippen molar-refractivity contribution < 1.29 is 5.11 Å². The molecule has 2 aromatic heterocycles. The molecule has 0 bridgehead atoms. The second kappa shape index (κ2) is 4.94. The lowest BCUT2D eigenvalue weighted by molar-refractivity contribution is 0.361. The van der Waals surface area contributed by atoms with Crippen molar-refractivity contribution in [1.29, 1.82) is 0 Å². The SMILES string of the molecule is CCC(CC)n1c(O)nc2nc(Br)c(Br)cc21. The Morgan fingerprint density at radius 1 is 1.29 bits per heavy atom. The van der Waals surface area contributed by atoms with Crippen molar-refractivity contribution in [3.63, 3.8) is 0 Å². The van der Waals surface area contributed by atoms with Crippen molar-refractivity contribution in [2.75, 3.05) is 0 Å². The van der Waals surface area contributed by atoms with Gasteiger partial charge < -0.3 is 5.11 Å². The lowest BCUT2D eigenvalue weighted by Crippen LogP contribution is -2.06. The molecule has 0 radical (unpaired) electrons. The summed E-state index contributed by atoms with van der Waals surface area (Å²) in [6.07, 6.45) is 1.90. The standard InChI is InChI=1S/C11H13Br2N3O/c1-3-6(4-2)16-8-5-7(12)9(13)14-10(8)15-11(16)17/h5-6H,3-4H2,1-2H3,(H,14,15,17). The number of fused-ring (bicyclic) bond motifs is 1. The highest BCUT2D eigenvalue weighted by Gasteiger charge is 2.18. The van der Waals surface area contributed by atoms with Crippen LogP contribution in [0.15, 0.2) is 15.1 Å². The summed E-state index contributed by atoms with van der Waals surface area (Å²) in [5, 5.41) is 9.93. The van der Waals surface area contributed by atoms with Gasteiger partial charge in [0.15, 0.2) is 5.65 Å². The van der Waals surface area contributed by atoms with Gasteiger partial charge in [0.1, 0.15) is 4.60 Å². The van der Waals surface area contributed by atoms with Gasteiger partial charge in [-0.25, -0.2) is 4.98 Å². The van der Waals surface area contributed by atoms with Gasteiger partial charge in [-0.3, -0.25) is 4.57 Å². The first-order valence-electron chi connectivity index (χ1n) is 5.51. The third kappa shape index (κ3) is 2.20. The number of hydrogen-bond donors (Lipinski definition) is 1. The zero-order valence-corrected chi connectivity index (χ0v) is 12.8. The van der Waals surface area contributed by atoms with Gasteiger partial charge in [-0.05, 0) is 50.8 Å². The van der Waals surface area contributed by atoms with Crippen LogP contribution in [0.5, 0.6) is 6.01 Å². The summed E-state index contributed by atoms with van der Waals surface area (Å²) in [6.45, 7) is 4.20. The minimum Gasteiger partial charge on any atom is -0.480 e. The molecular weight excluding hydrogens is 350 g/mol. The van der Waals surface area contributed by atoms with Gasteiger partial charge in [0, 0.05) is 6.04 Å². The molecule has 0 saturated heterocycles.